The SMILES string of the molecule is Cc1ccc2c(C(=O)c3ccc(F)cc3)nn(CC(=O)O)c2c1. The number of carboxylic acid groups (broad SMARTS) is 1. The zero-order valence-corrected chi connectivity index (χ0v) is 12.3. The highest BCUT2D eigenvalue weighted by atomic mass is 19.1. The maximum atomic E-state index is 13.0. The second-order valence-electron chi connectivity index (χ2n) is 5.26. The molecule has 1 N–H and O–H groups in total. The Hall–Kier alpha value is -3.02. The number of aryl methyl sites for hydroxylation is 1. The van der Waals surface area contributed by atoms with E-state index in [0.29, 0.717) is 16.5 Å². The molecular weight excluding hydrogens is 299 g/mol. The van der Waals surface area contributed by atoms with Gasteiger partial charge in [-0.05, 0) is 42.8 Å². The molecular formula is C17H13FN2O3. The number of carbonyl (C=O) groups excluding carboxylic acids is 1. The summed E-state index contributed by atoms with van der Waals surface area (Å²) < 4.78 is 14.3. The molecule has 0 atom stereocenters. The minimum atomic E-state index is -1.04. The quantitative estimate of drug-likeness (QED) is 0.752. The van der Waals surface area contributed by atoms with E-state index in [4.69, 9.17) is 5.11 Å². The van der Waals surface area contributed by atoms with Crippen LogP contribution in [0, 0.1) is 12.7 Å². The molecule has 0 unspecified atom stereocenters. The molecule has 6 heteroatoms. The maximum absolute atomic E-state index is 13.0. The molecule has 0 aliphatic heterocycles. The molecule has 5 nitrogen and oxygen atoms in total. The van der Waals surface area contributed by atoms with Gasteiger partial charge < -0.3 is 5.11 Å². The zero-order valence-electron chi connectivity index (χ0n) is 12.3. The second kappa shape index (κ2) is 5.64. The Morgan fingerprint density at radius 2 is 1.87 bits per heavy atom. The number of fused-ring (bicyclic) bond motifs is 1. The topological polar surface area (TPSA) is 72.2 Å². The Morgan fingerprint density at radius 1 is 1.17 bits per heavy atom. The fourth-order valence-corrected chi connectivity index (χ4v) is 2.44. The standard InChI is InChI=1S/C17H13FN2O3/c1-10-2-7-13-14(8-10)20(9-15(21)22)19-16(13)17(23)11-3-5-12(18)6-4-11/h2-8H,9H2,1H3,(H,21,22). The van der Waals surface area contributed by atoms with E-state index in [-0.39, 0.29) is 18.0 Å². The highest BCUT2D eigenvalue weighted by molar-refractivity contribution is 6.15. The van der Waals surface area contributed by atoms with Crippen molar-refractivity contribution in [2.75, 3.05) is 0 Å². The number of carbonyl (C=O) groups is 2. The first kappa shape index (κ1) is 14.9. The lowest BCUT2D eigenvalue weighted by atomic mass is 10.0. The molecule has 3 rings (SSSR count). The molecule has 0 fully saturated rings. The van der Waals surface area contributed by atoms with Gasteiger partial charge in [0.15, 0.2) is 0 Å². The first-order valence-corrected chi connectivity index (χ1v) is 6.95. The molecule has 0 bridgehead atoms. The Kier molecular flexibility index (Phi) is 3.65. The lowest BCUT2D eigenvalue weighted by Crippen LogP contribution is -2.11. The number of halogens is 1. The van der Waals surface area contributed by atoms with E-state index >= 15 is 0 Å². The summed E-state index contributed by atoms with van der Waals surface area (Å²) in [5.41, 5.74) is 1.98. The van der Waals surface area contributed by atoms with Gasteiger partial charge in [0, 0.05) is 10.9 Å². The third kappa shape index (κ3) is 2.83. The van der Waals surface area contributed by atoms with Crippen LogP contribution in [0.1, 0.15) is 21.6 Å². The summed E-state index contributed by atoms with van der Waals surface area (Å²) in [7, 11) is 0. The normalized spacial score (nSPS) is 10.9. The Bertz CT molecular complexity index is 913. The summed E-state index contributed by atoms with van der Waals surface area (Å²) in [6.07, 6.45) is 0. The molecule has 0 radical (unpaired) electrons. The van der Waals surface area contributed by atoms with Crippen molar-refractivity contribution < 1.29 is 19.1 Å². The molecule has 0 saturated heterocycles. The molecule has 0 aliphatic carbocycles. The van der Waals surface area contributed by atoms with Crippen molar-refractivity contribution in [3.8, 4) is 0 Å². The number of ketones is 1. The molecule has 0 saturated carbocycles. The highest BCUT2D eigenvalue weighted by Gasteiger charge is 2.19. The molecule has 1 aromatic heterocycles. The number of rotatable bonds is 4. The van der Waals surface area contributed by atoms with Crippen LogP contribution in [0.25, 0.3) is 10.9 Å². The lowest BCUT2D eigenvalue weighted by Gasteiger charge is -1.99. The van der Waals surface area contributed by atoms with Crippen LogP contribution < -0.4 is 0 Å². The van der Waals surface area contributed by atoms with Crippen molar-refractivity contribution in [3.63, 3.8) is 0 Å². The molecule has 3 aromatic rings. The van der Waals surface area contributed by atoms with Crippen molar-refractivity contribution in [2.45, 2.75) is 13.5 Å². The third-order valence-electron chi connectivity index (χ3n) is 3.51. The number of nitrogens with zero attached hydrogens (tertiary/aromatic N) is 2. The van der Waals surface area contributed by atoms with Gasteiger partial charge in [0.1, 0.15) is 18.1 Å². The number of benzene rings is 2. The van der Waals surface area contributed by atoms with Crippen LogP contribution in [-0.4, -0.2) is 26.6 Å². The summed E-state index contributed by atoms with van der Waals surface area (Å²) in [5.74, 6) is -1.85. The average molecular weight is 312 g/mol. The number of carboxylic acids is 1. The summed E-state index contributed by atoms with van der Waals surface area (Å²) in [5, 5.41) is 13.7. The van der Waals surface area contributed by atoms with Gasteiger partial charge in [-0.1, -0.05) is 12.1 Å². The zero-order chi connectivity index (χ0) is 16.6. The van der Waals surface area contributed by atoms with Gasteiger partial charge in [0.2, 0.25) is 5.78 Å². The van der Waals surface area contributed by atoms with Crippen LogP contribution in [0.4, 0.5) is 4.39 Å². The molecule has 0 aliphatic rings. The Morgan fingerprint density at radius 3 is 2.52 bits per heavy atom. The van der Waals surface area contributed by atoms with E-state index in [1.807, 2.05) is 13.0 Å². The van der Waals surface area contributed by atoms with E-state index in [1.165, 1.54) is 28.9 Å². The first-order valence-electron chi connectivity index (χ1n) is 6.95. The van der Waals surface area contributed by atoms with E-state index in [0.717, 1.165) is 5.56 Å². The number of aromatic nitrogens is 2. The van der Waals surface area contributed by atoms with E-state index in [9.17, 15) is 14.0 Å². The molecule has 0 spiro atoms. The lowest BCUT2D eigenvalue weighted by molar-refractivity contribution is -0.137. The van der Waals surface area contributed by atoms with Gasteiger partial charge in [-0.15, -0.1) is 0 Å². The summed E-state index contributed by atoms with van der Waals surface area (Å²) in [6.45, 7) is 1.54. The molecule has 2 aromatic carbocycles. The summed E-state index contributed by atoms with van der Waals surface area (Å²) in [4.78, 5) is 23.6. The third-order valence-corrected chi connectivity index (χ3v) is 3.51. The van der Waals surface area contributed by atoms with Gasteiger partial charge in [0.05, 0.1) is 5.52 Å². The van der Waals surface area contributed by atoms with E-state index < -0.39 is 11.8 Å². The van der Waals surface area contributed by atoms with Crippen molar-refractivity contribution in [3.05, 3.63) is 65.1 Å². The fourth-order valence-electron chi connectivity index (χ4n) is 2.44. The monoisotopic (exact) mass is 312 g/mol. The Balaban J connectivity index is 2.15. The van der Waals surface area contributed by atoms with Crippen LogP contribution in [0.2, 0.25) is 0 Å². The molecule has 0 amide bonds. The Labute approximate surface area is 131 Å². The predicted molar refractivity (Wildman–Crippen MR) is 81.9 cm³/mol. The maximum Gasteiger partial charge on any atom is 0.325 e. The molecule has 116 valence electrons. The summed E-state index contributed by atoms with van der Waals surface area (Å²) >= 11 is 0. The molecule has 1 heterocycles. The van der Waals surface area contributed by atoms with Crippen molar-refractivity contribution >= 4 is 22.7 Å². The van der Waals surface area contributed by atoms with Gasteiger partial charge in [-0.3, -0.25) is 14.3 Å². The van der Waals surface area contributed by atoms with Crippen molar-refractivity contribution in [1.82, 2.24) is 9.78 Å². The second-order valence-corrected chi connectivity index (χ2v) is 5.26. The van der Waals surface area contributed by atoms with E-state index in [1.54, 1.807) is 12.1 Å². The molecule has 23 heavy (non-hydrogen) atoms. The first-order chi connectivity index (χ1) is 11.0. The van der Waals surface area contributed by atoms with Gasteiger partial charge in [0.25, 0.3) is 0 Å². The largest absolute Gasteiger partial charge is 0.480 e. The number of aliphatic carboxylic acids is 1. The average Bonchev–Trinajstić information content (AvgIpc) is 2.84. The summed E-state index contributed by atoms with van der Waals surface area (Å²) in [6, 6.07) is 10.5. The van der Waals surface area contributed by atoms with Crippen LogP contribution in [0.5, 0.6) is 0 Å². The van der Waals surface area contributed by atoms with Crippen LogP contribution in [0.3, 0.4) is 0 Å². The number of hydrogen-bond donors (Lipinski definition) is 1. The van der Waals surface area contributed by atoms with Gasteiger partial charge in [-0.2, -0.15) is 5.10 Å². The van der Waals surface area contributed by atoms with Crippen molar-refractivity contribution in [1.29, 1.82) is 0 Å². The van der Waals surface area contributed by atoms with Crippen LogP contribution >= 0.6 is 0 Å². The number of hydrogen-bond acceptors (Lipinski definition) is 3. The minimum absolute atomic E-state index is 0.160. The smallest absolute Gasteiger partial charge is 0.325 e. The van der Waals surface area contributed by atoms with Crippen molar-refractivity contribution in [2.24, 2.45) is 0 Å². The van der Waals surface area contributed by atoms with E-state index in [2.05, 4.69) is 5.10 Å². The fraction of sp³-hybridized carbons (Fsp3) is 0.118. The highest BCUT2D eigenvalue weighted by Crippen LogP contribution is 2.22. The predicted octanol–water partition coefficient (Wildman–Crippen LogP) is 2.80. The minimum Gasteiger partial charge on any atom is -0.480 e. The van der Waals surface area contributed by atoms with Crippen LogP contribution in [0.15, 0.2) is 42.5 Å². The van der Waals surface area contributed by atoms with Gasteiger partial charge >= 0.3 is 5.97 Å². The van der Waals surface area contributed by atoms with Gasteiger partial charge in [-0.25, -0.2) is 4.39 Å². The van der Waals surface area contributed by atoms with Crippen LogP contribution in [-0.2, 0) is 11.3 Å².